The highest BCUT2D eigenvalue weighted by Gasteiger charge is 2.37. The van der Waals surface area contributed by atoms with Gasteiger partial charge in [0.05, 0.1) is 16.3 Å². The number of aromatic carboxylic acids is 1. The van der Waals surface area contributed by atoms with Gasteiger partial charge in [0.25, 0.3) is 5.91 Å². The molecule has 236 valence electrons. The number of carboxylic acid groups (broad SMARTS) is 1. The molecule has 0 spiro atoms. The van der Waals surface area contributed by atoms with Crippen LogP contribution in [0.5, 0.6) is 0 Å². The molecule has 11 nitrogen and oxygen atoms in total. The van der Waals surface area contributed by atoms with Gasteiger partial charge in [0.2, 0.25) is 5.91 Å². The van der Waals surface area contributed by atoms with Crippen LogP contribution in [-0.4, -0.2) is 79.6 Å². The smallest absolute Gasteiger partial charge is 0.335 e. The van der Waals surface area contributed by atoms with Crippen LogP contribution in [0.2, 0.25) is 5.02 Å². The largest absolute Gasteiger partial charge is 0.478 e. The standard InChI is InChI=1S/C33H31ClFN7O4/c1-40-16-13-20(14-17-40)23-3-2-4-25-24(23)15-18-41(31(25)32(44)37-22-7-5-21(6-8-22)33(45)46)29(43)12-9-26-28(42-19-36-38-39-42)11-10-27(34)30(26)35/h2-12,19-20,31H,13-18H2,1H3,(H,37,44)(H,45,46)/b12-9+/t31-/m0/s1. The summed E-state index contributed by atoms with van der Waals surface area (Å²) in [4.78, 5) is 43.0. The Labute approximate surface area is 269 Å². The lowest BCUT2D eigenvalue weighted by Gasteiger charge is -2.38. The van der Waals surface area contributed by atoms with Crippen molar-refractivity contribution in [2.24, 2.45) is 0 Å². The number of tetrazole rings is 1. The molecule has 13 heteroatoms. The summed E-state index contributed by atoms with van der Waals surface area (Å²) >= 11 is 6.07. The Kier molecular flexibility index (Phi) is 8.91. The monoisotopic (exact) mass is 643 g/mol. The molecule has 1 aromatic heterocycles. The van der Waals surface area contributed by atoms with Gasteiger partial charge in [-0.3, -0.25) is 9.59 Å². The van der Waals surface area contributed by atoms with E-state index in [9.17, 15) is 19.5 Å². The number of aromatic nitrogens is 4. The Morgan fingerprint density at radius 2 is 1.76 bits per heavy atom. The summed E-state index contributed by atoms with van der Waals surface area (Å²) in [5, 5.41) is 23.0. The topological polar surface area (TPSA) is 134 Å². The van der Waals surface area contributed by atoms with E-state index in [4.69, 9.17) is 11.6 Å². The van der Waals surface area contributed by atoms with Crippen molar-refractivity contribution in [2.45, 2.75) is 31.2 Å². The highest BCUT2D eigenvalue weighted by molar-refractivity contribution is 6.31. The van der Waals surface area contributed by atoms with Gasteiger partial charge in [-0.2, -0.15) is 4.68 Å². The van der Waals surface area contributed by atoms with Crippen molar-refractivity contribution in [1.29, 1.82) is 0 Å². The van der Waals surface area contributed by atoms with Crippen LogP contribution in [0.15, 0.2) is 67.0 Å². The van der Waals surface area contributed by atoms with Crippen LogP contribution >= 0.6 is 11.6 Å². The molecule has 0 bridgehead atoms. The summed E-state index contributed by atoms with van der Waals surface area (Å²) in [5.41, 5.74) is 3.75. The maximum atomic E-state index is 15.2. The summed E-state index contributed by atoms with van der Waals surface area (Å²) in [6, 6.07) is 13.7. The third-order valence-corrected chi connectivity index (χ3v) is 8.94. The molecule has 0 radical (unpaired) electrons. The number of rotatable bonds is 7. The van der Waals surface area contributed by atoms with E-state index in [1.165, 1.54) is 64.0 Å². The fraction of sp³-hybridized carbons (Fsp3) is 0.273. The minimum absolute atomic E-state index is 0.00892. The van der Waals surface area contributed by atoms with E-state index >= 15 is 4.39 Å². The first-order valence-electron chi connectivity index (χ1n) is 14.9. The summed E-state index contributed by atoms with van der Waals surface area (Å²) < 4.78 is 16.5. The van der Waals surface area contributed by atoms with Crippen LogP contribution in [0.3, 0.4) is 0 Å². The van der Waals surface area contributed by atoms with Gasteiger partial charge in [-0.25, -0.2) is 9.18 Å². The number of amides is 2. The number of carbonyl (C=O) groups excluding carboxylic acids is 2. The number of likely N-dealkylation sites (tertiary alicyclic amines) is 1. The number of hydrogen-bond acceptors (Lipinski definition) is 7. The summed E-state index contributed by atoms with van der Waals surface area (Å²) in [7, 11) is 2.11. The van der Waals surface area contributed by atoms with Crippen molar-refractivity contribution in [2.75, 3.05) is 32.0 Å². The van der Waals surface area contributed by atoms with Crippen molar-refractivity contribution in [3.63, 3.8) is 0 Å². The third-order valence-electron chi connectivity index (χ3n) is 8.64. The first-order valence-corrected chi connectivity index (χ1v) is 15.2. The third kappa shape index (κ3) is 6.26. The normalized spacial score (nSPS) is 17.2. The van der Waals surface area contributed by atoms with E-state index in [1.807, 2.05) is 12.1 Å². The van der Waals surface area contributed by atoms with Crippen LogP contribution in [0.4, 0.5) is 10.1 Å². The van der Waals surface area contributed by atoms with E-state index in [0.29, 0.717) is 18.0 Å². The molecular weight excluding hydrogens is 613 g/mol. The number of fused-ring (bicyclic) bond motifs is 1. The lowest BCUT2D eigenvalue weighted by atomic mass is 9.80. The number of anilines is 1. The fourth-order valence-electron chi connectivity index (χ4n) is 6.26. The van der Waals surface area contributed by atoms with Gasteiger partial charge in [-0.15, -0.1) is 5.10 Å². The second kappa shape index (κ2) is 13.2. The van der Waals surface area contributed by atoms with Crippen molar-refractivity contribution in [3.8, 4) is 5.69 Å². The second-order valence-electron chi connectivity index (χ2n) is 11.4. The van der Waals surface area contributed by atoms with Crippen LogP contribution in [0.1, 0.15) is 57.4 Å². The van der Waals surface area contributed by atoms with E-state index in [0.717, 1.165) is 37.1 Å². The zero-order chi connectivity index (χ0) is 32.4. The summed E-state index contributed by atoms with van der Waals surface area (Å²) in [6.07, 6.45) is 6.38. The first kappa shape index (κ1) is 31.1. The molecule has 1 saturated heterocycles. The molecule has 0 unspecified atom stereocenters. The molecular formula is C33H31ClFN7O4. The zero-order valence-electron chi connectivity index (χ0n) is 24.9. The van der Waals surface area contributed by atoms with E-state index in [1.54, 1.807) is 6.07 Å². The average molecular weight is 644 g/mol. The van der Waals surface area contributed by atoms with Gasteiger partial charge >= 0.3 is 5.97 Å². The van der Waals surface area contributed by atoms with Gasteiger partial charge in [0, 0.05) is 23.9 Å². The number of piperidine rings is 1. The number of hydrogen-bond donors (Lipinski definition) is 2. The lowest BCUT2D eigenvalue weighted by molar-refractivity contribution is -0.135. The minimum atomic E-state index is -1.08. The number of nitrogens with zero attached hydrogens (tertiary/aromatic N) is 6. The Balaban J connectivity index is 1.35. The van der Waals surface area contributed by atoms with Crippen molar-refractivity contribution in [1.82, 2.24) is 30.0 Å². The van der Waals surface area contributed by atoms with Gasteiger partial charge in [0.15, 0.2) is 5.82 Å². The molecule has 3 aromatic carbocycles. The molecule has 4 aromatic rings. The quantitative estimate of drug-likeness (QED) is 0.276. The molecule has 3 heterocycles. The van der Waals surface area contributed by atoms with Crippen LogP contribution in [-0.2, 0) is 16.0 Å². The molecule has 2 aliphatic rings. The number of carboxylic acids is 1. The molecule has 46 heavy (non-hydrogen) atoms. The van der Waals surface area contributed by atoms with Gasteiger partial charge in [-0.1, -0.05) is 29.8 Å². The number of benzene rings is 3. The van der Waals surface area contributed by atoms with Crippen molar-refractivity contribution < 1.29 is 23.9 Å². The first-order chi connectivity index (χ1) is 22.2. The van der Waals surface area contributed by atoms with Gasteiger partial charge in [-0.05, 0) is 115 Å². The predicted octanol–water partition coefficient (Wildman–Crippen LogP) is 4.74. The zero-order valence-corrected chi connectivity index (χ0v) is 25.7. The molecule has 2 N–H and O–H groups in total. The van der Waals surface area contributed by atoms with Crippen LogP contribution in [0, 0.1) is 5.82 Å². The minimum Gasteiger partial charge on any atom is -0.478 e. The lowest BCUT2D eigenvalue weighted by Crippen LogP contribution is -2.45. The average Bonchev–Trinajstić information content (AvgIpc) is 3.60. The Bertz CT molecular complexity index is 1810. The van der Waals surface area contributed by atoms with E-state index in [-0.39, 0.29) is 28.4 Å². The second-order valence-corrected chi connectivity index (χ2v) is 11.8. The maximum Gasteiger partial charge on any atom is 0.335 e. The van der Waals surface area contributed by atoms with Crippen LogP contribution in [0.25, 0.3) is 11.8 Å². The molecule has 2 amide bonds. The van der Waals surface area contributed by atoms with Crippen molar-refractivity contribution >= 4 is 41.1 Å². The molecule has 6 rings (SSSR count). The summed E-state index contributed by atoms with van der Waals surface area (Å²) in [5.74, 6) is -2.43. The highest BCUT2D eigenvalue weighted by atomic mass is 35.5. The Morgan fingerprint density at radius 3 is 2.46 bits per heavy atom. The van der Waals surface area contributed by atoms with Crippen LogP contribution < -0.4 is 5.32 Å². The number of carbonyl (C=O) groups is 3. The van der Waals surface area contributed by atoms with Gasteiger partial charge in [0.1, 0.15) is 12.4 Å². The molecule has 0 aliphatic carbocycles. The Hall–Kier alpha value is -4.94. The van der Waals surface area contributed by atoms with E-state index in [2.05, 4.69) is 38.9 Å². The highest BCUT2D eigenvalue weighted by Crippen LogP contribution is 2.38. The molecule has 2 aliphatic heterocycles. The number of nitrogens with one attached hydrogen (secondary N) is 1. The number of halogens is 2. The Morgan fingerprint density at radius 1 is 1.02 bits per heavy atom. The maximum absolute atomic E-state index is 15.2. The molecule has 1 atom stereocenters. The summed E-state index contributed by atoms with van der Waals surface area (Å²) in [6.45, 7) is 2.22. The SMILES string of the molecule is CN1CCC(c2cccc3c2CCN(C(=O)/C=C/c2c(-n4cnnn4)ccc(Cl)c2F)[C@@H]3C(=O)Nc2ccc(C(=O)O)cc2)CC1. The van der Waals surface area contributed by atoms with Crippen molar-refractivity contribution in [3.05, 3.63) is 106 Å². The fourth-order valence-corrected chi connectivity index (χ4v) is 6.43. The van der Waals surface area contributed by atoms with E-state index < -0.39 is 29.6 Å². The molecule has 1 fully saturated rings. The van der Waals surface area contributed by atoms with Gasteiger partial charge < -0.3 is 20.2 Å². The molecule has 0 saturated carbocycles. The predicted molar refractivity (Wildman–Crippen MR) is 169 cm³/mol.